The van der Waals surface area contributed by atoms with Crippen LogP contribution in [0.3, 0.4) is 0 Å². The van der Waals surface area contributed by atoms with Crippen LogP contribution in [0.1, 0.15) is 46.2 Å². The standard InChI is InChI=1S/C23H24/c1-17-18(2)23(19(3)21-12-8-5-9-13-21)15-14-22(17)16-20-10-6-4-7-11-20/h4-15,19H,16H2,1-3H3. The lowest BCUT2D eigenvalue weighted by Gasteiger charge is -2.19. The third kappa shape index (κ3) is 3.37. The van der Waals surface area contributed by atoms with E-state index in [4.69, 9.17) is 0 Å². The monoisotopic (exact) mass is 300 g/mol. The molecule has 0 spiro atoms. The number of rotatable bonds is 4. The lowest BCUT2D eigenvalue weighted by molar-refractivity contribution is 0.902. The van der Waals surface area contributed by atoms with Gasteiger partial charge in [-0.15, -0.1) is 0 Å². The Hall–Kier alpha value is -2.34. The van der Waals surface area contributed by atoms with Crippen LogP contribution in [0.25, 0.3) is 0 Å². The Balaban J connectivity index is 1.92. The van der Waals surface area contributed by atoms with Gasteiger partial charge in [0.2, 0.25) is 0 Å². The molecule has 0 radical (unpaired) electrons. The Labute approximate surface area is 139 Å². The highest BCUT2D eigenvalue weighted by Gasteiger charge is 2.14. The highest BCUT2D eigenvalue weighted by atomic mass is 14.2. The van der Waals surface area contributed by atoms with Gasteiger partial charge in [-0.25, -0.2) is 0 Å². The molecule has 0 aliphatic carbocycles. The fourth-order valence-corrected chi connectivity index (χ4v) is 3.30. The van der Waals surface area contributed by atoms with Crippen molar-refractivity contribution >= 4 is 0 Å². The fourth-order valence-electron chi connectivity index (χ4n) is 3.30. The van der Waals surface area contributed by atoms with Gasteiger partial charge in [-0.2, -0.15) is 0 Å². The average molecular weight is 300 g/mol. The summed E-state index contributed by atoms with van der Waals surface area (Å²) in [6.45, 7) is 6.82. The van der Waals surface area contributed by atoms with E-state index in [1.807, 2.05) is 0 Å². The molecule has 0 heterocycles. The smallest absolute Gasteiger partial charge is 0.00637 e. The van der Waals surface area contributed by atoms with Gasteiger partial charge in [-0.1, -0.05) is 79.7 Å². The van der Waals surface area contributed by atoms with E-state index in [0.29, 0.717) is 5.92 Å². The third-order valence-corrected chi connectivity index (χ3v) is 4.94. The highest BCUT2D eigenvalue weighted by molar-refractivity contribution is 5.45. The number of hydrogen-bond acceptors (Lipinski definition) is 0. The minimum atomic E-state index is 0.431. The molecule has 0 fully saturated rings. The van der Waals surface area contributed by atoms with E-state index in [1.54, 1.807) is 0 Å². The molecule has 0 nitrogen and oxygen atoms in total. The van der Waals surface area contributed by atoms with Gasteiger partial charge in [-0.3, -0.25) is 0 Å². The second-order valence-electron chi connectivity index (χ2n) is 6.36. The lowest BCUT2D eigenvalue weighted by Crippen LogP contribution is -2.03. The maximum atomic E-state index is 2.32. The van der Waals surface area contributed by atoms with Crippen LogP contribution in [-0.4, -0.2) is 0 Å². The molecule has 0 amide bonds. The molecule has 0 aliphatic heterocycles. The van der Waals surface area contributed by atoms with Gasteiger partial charge in [0.1, 0.15) is 0 Å². The molecule has 0 saturated heterocycles. The number of benzene rings is 3. The molecule has 3 aromatic rings. The molecular weight excluding hydrogens is 276 g/mol. The molecule has 1 atom stereocenters. The second kappa shape index (κ2) is 6.83. The third-order valence-electron chi connectivity index (χ3n) is 4.94. The maximum Gasteiger partial charge on any atom is 0.00637 e. The average Bonchev–Trinajstić information content (AvgIpc) is 2.60. The van der Waals surface area contributed by atoms with Crippen molar-refractivity contribution in [3.63, 3.8) is 0 Å². The molecule has 116 valence electrons. The fraction of sp³-hybridized carbons (Fsp3) is 0.217. The molecule has 0 aliphatic rings. The Bertz CT molecular complexity index is 770. The van der Waals surface area contributed by atoms with Gasteiger partial charge in [0.15, 0.2) is 0 Å². The van der Waals surface area contributed by atoms with Crippen LogP contribution in [0.15, 0.2) is 72.8 Å². The summed E-state index contributed by atoms with van der Waals surface area (Å²) in [6, 6.07) is 26.1. The van der Waals surface area contributed by atoms with Gasteiger partial charge in [0, 0.05) is 5.92 Å². The Kier molecular flexibility index (Phi) is 4.62. The van der Waals surface area contributed by atoms with Gasteiger partial charge < -0.3 is 0 Å². The van der Waals surface area contributed by atoms with Crippen molar-refractivity contribution in [1.29, 1.82) is 0 Å². The normalized spacial score (nSPS) is 12.1. The second-order valence-corrected chi connectivity index (χ2v) is 6.36. The number of hydrogen-bond donors (Lipinski definition) is 0. The first-order valence-corrected chi connectivity index (χ1v) is 8.34. The summed E-state index contributed by atoms with van der Waals surface area (Å²) in [4.78, 5) is 0. The molecule has 0 heteroatoms. The van der Waals surface area contributed by atoms with Crippen LogP contribution >= 0.6 is 0 Å². The molecule has 1 unspecified atom stereocenters. The van der Waals surface area contributed by atoms with Gasteiger partial charge in [-0.05, 0) is 53.6 Å². The summed E-state index contributed by atoms with van der Waals surface area (Å²) in [5, 5.41) is 0. The van der Waals surface area contributed by atoms with E-state index in [2.05, 4.69) is 93.6 Å². The first-order valence-electron chi connectivity index (χ1n) is 8.34. The zero-order valence-corrected chi connectivity index (χ0v) is 14.2. The Morgan fingerprint density at radius 3 is 1.96 bits per heavy atom. The quantitative estimate of drug-likeness (QED) is 0.550. The van der Waals surface area contributed by atoms with E-state index >= 15 is 0 Å². The van der Waals surface area contributed by atoms with Crippen LogP contribution < -0.4 is 0 Å². The molecule has 0 N–H and O–H groups in total. The Morgan fingerprint density at radius 2 is 1.30 bits per heavy atom. The van der Waals surface area contributed by atoms with Crippen molar-refractivity contribution < 1.29 is 0 Å². The van der Waals surface area contributed by atoms with E-state index in [9.17, 15) is 0 Å². The van der Waals surface area contributed by atoms with Crippen molar-refractivity contribution in [2.45, 2.75) is 33.1 Å². The summed E-state index contributed by atoms with van der Waals surface area (Å²) in [7, 11) is 0. The van der Waals surface area contributed by atoms with Crippen molar-refractivity contribution in [2.75, 3.05) is 0 Å². The first kappa shape index (κ1) is 15.6. The maximum absolute atomic E-state index is 2.32. The topological polar surface area (TPSA) is 0 Å². The summed E-state index contributed by atoms with van der Waals surface area (Å²) < 4.78 is 0. The first-order chi connectivity index (χ1) is 11.2. The van der Waals surface area contributed by atoms with E-state index in [0.717, 1.165) is 6.42 Å². The molecule has 0 saturated carbocycles. The zero-order chi connectivity index (χ0) is 16.2. The minimum Gasteiger partial charge on any atom is -0.0622 e. The lowest BCUT2D eigenvalue weighted by atomic mass is 9.86. The summed E-state index contributed by atoms with van der Waals surface area (Å²) in [6.07, 6.45) is 1.01. The molecule has 3 aromatic carbocycles. The van der Waals surface area contributed by atoms with Crippen molar-refractivity contribution in [1.82, 2.24) is 0 Å². The van der Waals surface area contributed by atoms with Crippen LogP contribution in [0.2, 0.25) is 0 Å². The molecular formula is C23H24. The van der Waals surface area contributed by atoms with Crippen molar-refractivity contribution in [2.24, 2.45) is 0 Å². The largest absolute Gasteiger partial charge is 0.0622 e. The summed E-state index contributed by atoms with van der Waals surface area (Å²) in [5.74, 6) is 0.431. The molecule has 0 bridgehead atoms. The predicted molar refractivity (Wildman–Crippen MR) is 99.1 cm³/mol. The van der Waals surface area contributed by atoms with Gasteiger partial charge in [0.25, 0.3) is 0 Å². The van der Waals surface area contributed by atoms with Gasteiger partial charge >= 0.3 is 0 Å². The van der Waals surface area contributed by atoms with Crippen LogP contribution in [0.4, 0.5) is 0 Å². The summed E-state index contributed by atoms with van der Waals surface area (Å²) >= 11 is 0. The van der Waals surface area contributed by atoms with Crippen LogP contribution in [0.5, 0.6) is 0 Å². The summed E-state index contributed by atoms with van der Waals surface area (Å²) in [5.41, 5.74) is 8.47. The van der Waals surface area contributed by atoms with Crippen LogP contribution in [0, 0.1) is 13.8 Å². The zero-order valence-electron chi connectivity index (χ0n) is 14.2. The Morgan fingerprint density at radius 1 is 0.696 bits per heavy atom. The highest BCUT2D eigenvalue weighted by Crippen LogP contribution is 2.30. The van der Waals surface area contributed by atoms with Crippen molar-refractivity contribution in [3.05, 3.63) is 106 Å². The molecule has 3 rings (SSSR count). The van der Waals surface area contributed by atoms with Crippen molar-refractivity contribution in [3.8, 4) is 0 Å². The minimum absolute atomic E-state index is 0.431. The van der Waals surface area contributed by atoms with Gasteiger partial charge in [0.05, 0.1) is 0 Å². The van der Waals surface area contributed by atoms with E-state index in [1.165, 1.54) is 33.4 Å². The van der Waals surface area contributed by atoms with E-state index in [-0.39, 0.29) is 0 Å². The predicted octanol–water partition coefficient (Wildman–Crippen LogP) is 6.05. The molecule has 23 heavy (non-hydrogen) atoms. The molecule has 0 aromatic heterocycles. The van der Waals surface area contributed by atoms with E-state index < -0.39 is 0 Å². The SMILES string of the molecule is Cc1c(Cc2ccccc2)ccc(C(C)c2ccccc2)c1C. The van der Waals surface area contributed by atoms with Crippen LogP contribution in [-0.2, 0) is 6.42 Å².